The van der Waals surface area contributed by atoms with Gasteiger partial charge in [0.25, 0.3) is 5.91 Å². The molecule has 5 heterocycles. The van der Waals surface area contributed by atoms with Gasteiger partial charge in [-0.2, -0.15) is 0 Å². The lowest BCUT2D eigenvalue weighted by molar-refractivity contribution is -0.0726. The van der Waals surface area contributed by atoms with E-state index in [1.807, 2.05) is 10.3 Å². The predicted octanol–water partition coefficient (Wildman–Crippen LogP) is -0.0594. The van der Waals surface area contributed by atoms with Crippen molar-refractivity contribution < 1.29 is 24.1 Å². The molecule has 0 radical (unpaired) electrons. The molecular weight excluding hydrogens is 332 g/mol. The van der Waals surface area contributed by atoms with E-state index in [0.717, 1.165) is 13.1 Å². The Hall–Kier alpha value is -1.35. The maximum atomic E-state index is 13.0. The second kappa shape index (κ2) is 5.32. The van der Waals surface area contributed by atoms with E-state index >= 15 is 0 Å². The summed E-state index contributed by atoms with van der Waals surface area (Å²) in [6.45, 7) is 3.78. The van der Waals surface area contributed by atoms with Crippen molar-refractivity contribution in [2.24, 2.45) is 11.8 Å². The Bertz CT molecular complexity index is 679. The third-order valence-corrected chi connectivity index (χ3v) is 6.62. The number of thiophene rings is 1. The fourth-order valence-electron chi connectivity index (χ4n) is 4.61. The van der Waals surface area contributed by atoms with Crippen molar-refractivity contribution in [3.63, 3.8) is 0 Å². The number of morpholine rings is 1. The molecule has 3 fully saturated rings. The number of fused-ring (bicyclic) bond motifs is 2. The number of hydrogen-bond donors (Lipinski definition) is 2. The van der Waals surface area contributed by atoms with E-state index < -0.39 is 0 Å². The van der Waals surface area contributed by atoms with E-state index in [0.29, 0.717) is 42.7 Å². The van der Waals surface area contributed by atoms with Crippen molar-refractivity contribution in [3.05, 3.63) is 10.3 Å². The van der Waals surface area contributed by atoms with E-state index in [1.165, 1.54) is 11.3 Å². The highest BCUT2D eigenvalue weighted by atomic mass is 32.1. The lowest BCUT2D eigenvalue weighted by atomic mass is 9.83. The first-order valence-electron chi connectivity index (χ1n) is 8.37. The monoisotopic (exact) mass is 352 g/mol. The highest BCUT2D eigenvalue weighted by molar-refractivity contribution is 7.12. The number of rotatable bonds is 2. The molecule has 2 N–H and O–H groups in total. The summed E-state index contributed by atoms with van der Waals surface area (Å²) in [5, 5.41) is 15.0. The van der Waals surface area contributed by atoms with E-state index in [4.69, 9.17) is 14.2 Å². The fourth-order valence-corrected chi connectivity index (χ4v) is 5.50. The summed E-state index contributed by atoms with van der Waals surface area (Å²) in [7, 11) is 0. The summed E-state index contributed by atoms with van der Waals surface area (Å²) >= 11 is 1.37. The molecule has 1 spiro atoms. The van der Waals surface area contributed by atoms with E-state index in [2.05, 4.69) is 5.32 Å². The zero-order chi connectivity index (χ0) is 16.3. The van der Waals surface area contributed by atoms with E-state index in [9.17, 15) is 9.90 Å². The van der Waals surface area contributed by atoms with Crippen LogP contribution in [0.25, 0.3) is 0 Å². The summed E-state index contributed by atoms with van der Waals surface area (Å²) in [6.07, 6.45) is 0.0530. The zero-order valence-corrected chi connectivity index (χ0v) is 14.0. The minimum absolute atomic E-state index is 0.0297. The van der Waals surface area contributed by atoms with Crippen molar-refractivity contribution in [1.82, 2.24) is 10.2 Å². The van der Waals surface area contributed by atoms with Crippen LogP contribution < -0.4 is 14.8 Å². The van der Waals surface area contributed by atoms with Crippen molar-refractivity contribution in [2.75, 3.05) is 46.0 Å². The molecule has 24 heavy (non-hydrogen) atoms. The van der Waals surface area contributed by atoms with Gasteiger partial charge in [0.15, 0.2) is 11.5 Å². The molecule has 4 aliphatic rings. The van der Waals surface area contributed by atoms with E-state index in [-0.39, 0.29) is 36.1 Å². The molecule has 0 saturated carbocycles. The maximum Gasteiger partial charge on any atom is 0.268 e. The number of nitrogens with zero attached hydrogens (tertiary/aromatic N) is 1. The Morgan fingerprint density at radius 2 is 2.33 bits per heavy atom. The van der Waals surface area contributed by atoms with Crippen LogP contribution in [0.3, 0.4) is 0 Å². The molecule has 0 aromatic carbocycles. The first-order chi connectivity index (χ1) is 11.7. The Labute approximate surface area is 143 Å². The van der Waals surface area contributed by atoms with Crippen LogP contribution in [0.4, 0.5) is 0 Å². The third-order valence-electron chi connectivity index (χ3n) is 5.69. The number of ether oxygens (including phenoxy) is 3. The molecule has 8 heteroatoms. The van der Waals surface area contributed by atoms with Gasteiger partial charge >= 0.3 is 0 Å². The number of amides is 1. The molecule has 3 saturated heterocycles. The lowest BCUT2D eigenvalue weighted by Crippen LogP contribution is -2.52. The number of carbonyl (C=O) groups excluding carboxylic acids is 1. The molecule has 1 amide bonds. The Kier molecular flexibility index (Phi) is 3.31. The second-order valence-electron chi connectivity index (χ2n) is 6.95. The number of hydrogen-bond acceptors (Lipinski definition) is 7. The Balaban J connectivity index is 1.41. The van der Waals surface area contributed by atoms with Crippen LogP contribution in [0.15, 0.2) is 5.38 Å². The van der Waals surface area contributed by atoms with Crippen LogP contribution in [-0.2, 0) is 4.74 Å². The standard InChI is InChI=1S/C16H20N2O5S/c19-5-9-10-4-18(8-16(10)7-17-3-11(9)23-16)15(20)14-13-12(6-24-14)21-1-2-22-13/h6,9-11,17,19H,1-5,7-8H2/t9-,10+,11+,16+/m0/s1. The predicted molar refractivity (Wildman–Crippen MR) is 85.8 cm³/mol. The van der Waals surface area contributed by atoms with Crippen LogP contribution in [0.1, 0.15) is 9.67 Å². The van der Waals surface area contributed by atoms with Crippen molar-refractivity contribution in [1.29, 1.82) is 0 Å². The van der Waals surface area contributed by atoms with E-state index in [1.54, 1.807) is 0 Å². The average Bonchev–Trinajstić information content (AvgIpc) is 3.23. The van der Waals surface area contributed by atoms with Gasteiger partial charge in [0, 0.05) is 43.5 Å². The lowest BCUT2D eigenvalue weighted by Gasteiger charge is -2.33. The number of nitrogens with one attached hydrogen (secondary N) is 1. The topological polar surface area (TPSA) is 80.3 Å². The molecule has 4 aliphatic heterocycles. The minimum atomic E-state index is -0.360. The molecule has 0 unspecified atom stereocenters. The van der Waals surface area contributed by atoms with Crippen molar-refractivity contribution in [3.8, 4) is 11.5 Å². The van der Waals surface area contributed by atoms with Gasteiger partial charge in [-0.05, 0) is 0 Å². The summed E-state index contributed by atoms with van der Waals surface area (Å²) in [6, 6.07) is 0. The zero-order valence-electron chi connectivity index (χ0n) is 13.2. The molecule has 1 aromatic rings. The van der Waals surface area contributed by atoms with Gasteiger partial charge in [-0.1, -0.05) is 0 Å². The maximum absolute atomic E-state index is 13.0. The van der Waals surface area contributed by atoms with Gasteiger partial charge in [-0.3, -0.25) is 4.79 Å². The Morgan fingerprint density at radius 1 is 1.46 bits per heavy atom. The van der Waals surface area contributed by atoms with Gasteiger partial charge in [0.05, 0.1) is 12.6 Å². The minimum Gasteiger partial charge on any atom is -0.485 e. The average molecular weight is 352 g/mol. The first kappa shape index (κ1) is 14.9. The van der Waals surface area contributed by atoms with Gasteiger partial charge in [-0.15, -0.1) is 11.3 Å². The number of likely N-dealkylation sites (tertiary alicyclic amines) is 1. The Morgan fingerprint density at radius 3 is 3.21 bits per heavy atom. The molecule has 4 atom stereocenters. The fraction of sp³-hybridized carbons (Fsp3) is 0.688. The molecule has 130 valence electrons. The third kappa shape index (κ3) is 1.97. The SMILES string of the molecule is O=C(c1scc2c1OCCO2)N1C[C@@H]2[C@H](CO)[C@H]3CNC[C@]2(C1)O3. The van der Waals surface area contributed by atoms with Gasteiger partial charge in [0.2, 0.25) is 0 Å². The van der Waals surface area contributed by atoms with Crippen LogP contribution in [0.5, 0.6) is 11.5 Å². The number of aliphatic hydroxyl groups is 1. The summed E-state index contributed by atoms with van der Waals surface area (Å²) in [5.74, 6) is 1.48. The van der Waals surface area contributed by atoms with Gasteiger partial charge in [0.1, 0.15) is 23.7 Å². The molecule has 1 aromatic heterocycles. The summed E-state index contributed by atoms with van der Waals surface area (Å²) < 4.78 is 17.4. The van der Waals surface area contributed by atoms with Gasteiger partial charge in [-0.25, -0.2) is 0 Å². The number of aliphatic hydroxyl groups excluding tert-OH is 1. The molecule has 0 aliphatic carbocycles. The molecular formula is C16H20N2O5S. The van der Waals surface area contributed by atoms with Crippen LogP contribution >= 0.6 is 11.3 Å². The molecule has 2 bridgehead atoms. The quantitative estimate of drug-likeness (QED) is 0.776. The first-order valence-corrected chi connectivity index (χ1v) is 9.25. The van der Waals surface area contributed by atoms with Crippen LogP contribution in [0.2, 0.25) is 0 Å². The largest absolute Gasteiger partial charge is 0.485 e. The highest BCUT2D eigenvalue weighted by Gasteiger charge is 2.61. The van der Waals surface area contributed by atoms with Crippen LogP contribution in [0, 0.1) is 11.8 Å². The summed E-state index contributed by atoms with van der Waals surface area (Å²) in [5.41, 5.74) is -0.360. The van der Waals surface area contributed by atoms with Crippen LogP contribution in [-0.4, -0.2) is 73.6 Å². The molecule has 5 rings (SSSR count). The van der Waals surface area contributed by atoms with Crippen molar-refractivity contribution >= 4 is 17.2 Å². The van der Waals surface area contributed by atoms with Gasteiger partial charge < -0.3 is 29.5 Å². The van der Waals surface area contributed by atoms with Crippen molar-refractivity contribution in [2.45, 2.75) is 11.7 Å². The highest BCUT2D eigenvalue weighted by Crippen LogP contribution is 2.48. The smallest absolute Gasteiger partial charge is 0.268 e. The normalized spacial score (nSPS) is 36.7. The second-order valence-corrected chi connectivity index (χ2v) is 7.83. The molecule has 7 nitrogen and oxygen atoms in total. The summed E-state index contributed by atoms with van der Waals surface area (Å²) in [4.78, 5) is 15.5. The number of carbonyl (C=O) groups is 1.